The van der Waals surface area contributed by atoms with Crippen LogP contribution in [0.3, 0.4) is 0 Å². The molecule has 1 heterocycles. The van der Waals surface area contributed by atoms with Crippen LogP contribution in [0.5, 0.6) is 0 Å². The molecular weight excluding hydrogens is 237 g/mol. The molecule has 3 atom stereocenters. The second-order valence-electron chi connectivity index (χ2n) is 3.98. The first-order valence-electron chi connectivity index (χ1n) is 4.12. The quantitative estimate of drug-likeness (QED) is 0.510. The maximum Gasteiger partial charge on any atom is 0.0248 e. The Balaban J connectivity index is 2.05. The highest BCUT2D eigenvalue weighted by Gasteiger charge is 2.52. The molecule has 0 bridgehead atoms. The Bertz CT molecular complexity index is 144. The van der Waals surface area contributed by atoms with Crippen LogP contribution in [0.25, 0.3) is 0 Å². The lowest BCUT2D eigenvalue weighted by atomic mass is 10.0. The van der Waals surface area contributed by atoms with E-state index in [0.717, 1.165) is 23.8 Å². The molecule has 1 saturated heterocycles. The normalized spacial score (nSPS) is 46.2. The summed E-state index contributed by atoms with van der Waals surface area (Å²) in [4.78, 5) is 0. The minimum absolute atomic E-state index is 0.856. The van der Waals surface area contributed by atoms with Crippen molar-refractivity contribution in [1.82, 2.24) is 3.11 Å². The first-order valence-corrected chi connectivity index (χ1v) is 5.09. The van der Waals surface area contributed by atoms with Crippen molar-refractivity contribution in [3.05, 3.63) is 0 Å². The lowest BCUT2D eigenvalue weighted by Crippen LogP contribution is -2.28. The highest BCUT2D eigenvalue weighted by atomic mass is 127. The molecule has 0 aromatic carbocycles. The average Bonchev–Trinajstić information content (AvgIpc) is 2.42. The molecule has 0 amide bonds. The van der Waals surface area contributed by atoms with Crippen LogP contribution in [0, 0.1) is 17.8 Å². The lowest BCUT2D eigenvalue weighted by molar-refractivity contribution is 0.321. The fourth-order valence-corrected chi connectivity index (χ4v) is 3.83. The van der Waals surface area contributed by atoms with Gasteiger partial charge in [-0.3, -0.25) is 0 Å². The van der Waals surface area contributed by atoms with E-state index < -0.39 is 0 Å². The van der Waals surface area contributed by atoms with Gasteiger partial charge in [0.1, 0.15) is 0 Å². The topological polar surface area (TPSA) is 3.24 Å². The van der Waals surface area contributed by atoms with E-state index in [1.807, 2.05) is 0 Å². The van der Waals surface area contributed by atoms with Crippen LogP contribution in [0.1, 0.15) is 20.3 Å². The maximum absolute atomic E-state index is 2.52. The number of hydrogen-bond donors (Lipinski definition) is 0. The van der Waals surface area contributed by atoms with Crippen molar-refractivity contribution in [2.75, 3.05) is 6.54 Å². The summed E-state index contributed by atoms with van der Waals surface area (Å²) >= 11 is 2.49. The SMILES string of the molecule is CC(C)C1[C@@H]2C[C@@H]2CN1I. The molecule has 2 rings (SSSR count). The van der Waals surface area contributed by atoms with Crippen LogP contribution in [-0.4, -0.2) is 15.7 Å². The summed E-state index contributed by atoms with van der Waals surface area (Å²) in [6.45, 7) is 6.04. The van der Waals surface area contributed by atoms with Crippen molar-refractivity contribution < 1.29 is 0 Å². The Labute approximate surface area is 76.7 Å². The van der Waals surface area contributed by atoms with Crippen LogP contribution in [0.4, 0.5) is 0 Å². The molecule has 0 aromatic heterocycles. The second-order valence-corrected chi connectivity index (χ2v) is 5.22. The average molecular weight is 251 g/mol. The van der Waals surface area contributed by atoms with Crippen LogP contribution in [0.2, 0.25) is 0 Å². The monoisotopic (exact) mass is 251 g/mol. The predicted molar refractivity (Wildman–Crippen MR) is 50.9 cm³/mol. The van der Waals surface area contributed by atoms with E-state index in [9.17, 15) is 0 Å². The third-order valence-corrected chi connectivity index (χ3v) is 3.87. The Hall–Kier alpha value is 0.690. The summed E-state index contributed by atoms with van der Waals surface area (Å²) in [5.41, 5.74) is 0. The molecule has 1 saturated carbocycles. The van der Waals surface area contributed by atoms with Gasteiger partial charge in [-0.05, 0) is 24.2 Å². The minimum Gasteiger partial charge on any atom is -0.244 e. The van der Waals surface area contributed by atoms with E-state index in [-0.39, 0.29) is 0 Å². The first kappa shape index (κ1) is 7.35. The van der Waals surface area contributed by atoms with Crippen LogP contribution < -0.4 is 0 Å². The lowest BCUT2D eigenvalue weighted by Gasteiger charge is -2.23. The Kier molecular flexibility index (Phi) is 1.72. The third kappa shape index (κ3) is 0.998. The molecule has 2 aliphatic rings. The van der Waals surface area contributed by atoms with Crippen molar-refractivity contribution in [3.8, 4) is 0 Å². The molecule has 0 radical (unpaired) electrons. The summed E-state index contributed by atoms with van der Waals surface area (Å²) in [6.07, 6.45) is 1.52. The van der Waals surface area contributed by atoms with E-state index >= 15 is 0 Å². The summed E-state index contributed by atoms with van der Waals surface area (Å²) in [7, 11) is 0. The summed E-state index contributed by atoms with van der Waals surface area (Å²) in [5, 5.41) is 0. The number of rotatable bonds is 1. The Morgan fingerprint density at radius 3 is 2.50 bits per heavy atom. The van der Waals surface area contributed by atoms with Crippen molar-refractivity contribution in [2.24, 2.45) is 17.8 Å². The molecule has 2 heteroatoms. The first-order chi connectivity index (χ1) is 4.70. The summed E-state index contributed by atoms with van der Waals surface area (Å²) in [6, 6.07) is 0.894. The molecule has 2 fully saturated rings. The maximum atomic E-state index is 2.52. The van der Waals surface area contributed by atoms with E-state index in [1.54, 1.807) is 0 Å². The van der Waals surface area contributed by atoms with Gasteiger partial charge < -0.3 is 0 Å². The third-order valence-electron chi connectivity index (χ3n) is 2.83. The largest absolute Gasteiger partial charge is 0.244 e. The van der Waals surface area contributed by atoms with Crippen molar-refractivity contribution in [2.45, 2.75) is 26.3 Å². The molecule has 0 N–H and O–H groups in total. The Morgan fingerprint density at radius 1 is 1.50 bits per heavy atom. The van der Waals surface area contributed by atoms with Gasteiger partial charge in [0.2, 0.25) is 0 Å². The molecule has 10 heavy (non-hydrogen) atoms. The minimum atomic E-state index is 0.856. The smallest absolute Gasteiger partial charge is 0.0248 e. The van der Waals surface area contributed by atoms with Gasteiger partial charge in [-0.25, -0.2) is 3.11 Å². The van der Waals surface area contributed by atoms with E-state index in [1.165, 1.54) is 13.0 Å². The van der Waals surface area contributed by atoms with Gasteiger partial charge in [0.25, 0.3) is 0 Å². The second kappa shape index (κ2) is 2.34. The predicted octanol–water partition coefficient (Wildman–Crippen LogP) is 2.31. The van der Waals surface area contributed by atoms with Crippen molar-refractivity contribution in [3.63, 3.8) is 0 Å². The van der Waals surface area contributed by atoms with Crippen LogP contribution in [0.15, 0.2) is 0 Å². The number of nitrogens with zero attached hydrogens (tertiary/aromatic N) is 1. The van der Waals surface area contributed by atoms with Crippen LogP contribution >= 0.6 is 22.9 Å². The summed E-state index contributed by atoms with van der Waals surface area (Å²) < 4.78 is 2.52. The van der Waals surface area contributed by atoms with E-state index in [0.29, 0.717) is 0 Å². The molecule has 1 unspecified atom stereocenters. The van der Waals surface area contributed by atoms with E-state index in [2.05, 4.69) is 39.8 Å². The number of hydrogen-bond acceptors (Lipinski definition) is 1. The van der Waals surface area contributed by atoms with Crippen molar-refractivity contribution >= 4 is 22.9 Å². The molecule has 1 aliphatic heterocycles. The van der Waals surface area contributed by atoms with Gasteiger partial charge in [0, 0.05) is 35.5 Å². The molecule has 1 nitrogen and oxygen atoms in total. The fraction of sp³-hybridized carbons (Fsp3) is 1.00. The standard InChI is InChI=1S/C8H14IN/c1-5(2)8-7-3-6(7)4-10(8)9/h5-8H,3-4H2,1-2H3/t6-,7-,8?/m1/s1. The zero-order valence-corrected chi connectivity index (χ0v) is 8.71. The molecule has 58 valence electrons. The highest BCUT2D eigenvalue weighted by Crippen LogP contribution is 2.52. The Morgan fingerprint density at radius 2 is 2.20 bits per heavy atom. The number of halogens is 1. The number of fused-ring (bicyclic) bond motifs is 1. The summed E-state index contributed by atoms with van der Waals surface area (Å²) in [5.74, 6) is 3.00. The van der Waals surface area contributed by atoms with Gasteiger partial charge in [0.15, 0.2) is 0 Å². The molecule has 0 spiro atoms. The van der Waals surface area contributed by atoms with Gasteiger partial charge in [0.05, 0.1) is 0 Å². The fourth-order valence-electron chi connectivity index (χ4n) is 2.27. The van der Waals surface area contributed by atoms with Crippen LogP contribution in [-0.2, 0) is 0 Å². The van der Waals surface area contributed by atoms with Crippen molar-refractivity contribution in [1.29, 1.82) is 0 Å². The van der Waals surface area contributed by atoms with E-state index in [4.69, 9.17) is 0 Å². The van der Waals surface area contributed by atoms with Gasteiger partial charge in [-0.2, -0.15) is 0 Å². The molecule has 0 aromatic rings. The molecule has 1 aliphatic carbocycles. The van der Waals surface area contributed by atoms with Gasteiger partial charge in [-0.1, -0.05) is 13.8 Å². The van der Waals surface area contributed by atoms with Gasteiger partial charge >= 0.3 is 0 Å². The highest BCUT2D eigenvalue weighted by molar-refractivity contribution is 14.1. The van der Waals surface area contributed by atoms with Gasteiger partial charge in [-0.15, -0.1) is 0 Å². The zero-order valence-electron chi connectivity index (χ0n) is 6.55. The zero-order chi connectivity index (χ0) is 7.30. The molecular formula is C8H14IN. The number of piperidine rings is 1.